The Morgan fingerprint density at radius 3 is 2.67 bits per heavy atom. The molecule has 0 saturated heterocycles. The van der Waals surface area contributed by atoms with E-state index in [0.29, 0.717) is 10.0 Å². The summed E-state index contributed by atoms with van der Waals surface area (Å²) in [6, 6.07) is 20.8. The number of imidazole rings is 1. The molecule has 136 valence electrons. The van der Waals surface area contributed by atoms with Gasteiger partial charge in [-0.1, -0.05) is 71.7 Å². The van der Waals surface area contributed by atoms with Gasteiger partial charge in [0.25, 0.3) is 0 Å². The fraction of sp³-hybridized carbons (Fsp3) is 0.136. The molecule has 1 heterocycles. The van der Waals surface area contributed by atoms with Crippen LogP contribution in [0.1, 0.15) is 16.4 Å². The highest BCUT2D eigenvalue weighted by Gasteiger charge is 2.17. The molecular formula is C22H18Cl2N2S. The molecule has 0 N–H and O–H groups in total. The molecule has 1 aromatic heterocycles. The smallest absolute Gasteiger partial charge is 0.0946 e. The van der Waals surface area contributed by atoms with Gasteiger partial charge in [-0.05, 0) is 34.0 Å². The van der Waals surface area contributed by atoms with Crippen LogP contribution in [0.25, 0.3) is 10.8 Å². The Morgan fingerprint density at radius 1 is 1.00 bits per heavy atom. The van der Waals surface area contributed by atoms with Gasteiger partial charge < -0.3 is 4.57 Å². The highest BCUT2D eigenvalue weighted by molar-refractivity contribution is 7.98. The van der Waals surface area contributed by atoms with Crippen LogP contribution in [0.3, 0.4) is 0 Å². The summed E-state index contributed by atoms with van der Waals surface area (Å²) in [5.74, 6) is 0.818. The molecule has 0 aliphatic heterocycles. The van der Waals surface area contributed by atoms with Crippen LogP contribution in [-0.2, 0) is 12.3 Å². The minimum Gasteiger partial charge on any atom is -0.336 e. The monoisotopic (exact) mass is 412 g/mol. The van der Waals surface area contributed by atoms with Gasteiger partial charge in [0.1, 0.15) is 0 Å². The molecule has 0 fully saturated rings. The third-order valence-corrected chi connectivity index (χ3v) is 6.43. The van der Waals surface area contributed by atoms with Crippen molar-refractivity contribution < 1.29 is 0 Å². The molecule has 0 aliphatic rings. The molecule has 0 spiro atoms. The van der Waals surface area contributed by atoms with E-state index in [1.807, 2.05) is 48.7 Å². The summed E-state index contributed by atoms with van der Waals surface area (Å²) in [5, 5.41) is 4.21. The lowest BCUT2D eigenvalue weighted by atomic mass is 10.0. The van der Waals surface area contributed by atoms with Crippen LogP contribution in [0.4, 0.5) is 0 Å². The number of fused-ring (bicyclic) bond motifs is 1. The lowest BCUT2D eigenvalue weighted by Crippen LogP contribution is -2.06. The van der Waals surface area contributed by atoms with Crippen LogP contribution in [0.15, 0.2) is 79.4 Å². The summed E-state index contributed by atoms with van der Waals surface area (Å²) in [5.41, 5.74) is 2.43. The standard InChI is InChI=1S/C22H18Cl2N2S/c23-18-9-8-17(21(24)12-18)14-27-22(13-26-11-10-25-15-26)20-7-3-5-16-4-1-2-6-19(16)20/h1-12,15,22H,13-14H2. The van der Waals surface area contributed by atoms with Gasteiger partial charge in [-0.25, -0.2) is 4.98 Å². The summed E-state index contributed by atoms with van der Waals surface area (Å²) < 4.78 is 2.13. The number of thioether (sulfide) groups is 1. The zero-order valence-corrected chi connectivity index (χ0v) is 16.9. The second kappa shape index (κ2) is 8.39. The Hall–Kier alpha value is -1.94. The van der Waals surface area contributed by atoms with Gasteiger partial charge in [-0.15, -0.1) is 11.8 Å². The van der Waals surface area contributed by atoms with E-state index in [1.54, 1.807) is 0 Å². The molecular weight excluding hydrogens is 395 g/mol. The van der Waals surface area contributed by atoms with Crippen LogP contribution >= 0.6 is 35.0 Å². The van der Waals surface area contributed by atoms with Crippen molar-refractivity contribution in [2.24, 2.45) is 0 Å². The first kappa shape index (κ1) is 18.4. The van der Waals surface area contributed by atoms with Crippen LogP contribution in [0.5, 0.6) is 0 Å². The van der Waals surface area contributed by atoms with Gasteiger partial charge in [0, 0.05) is 40.0 Å². The van der Waals surface area contributed by atoms with Crippen LogP contribution in [-0.4, -0.2) is 9.55 Å². The Bertz CT molecular complexity index is 1040. The molecule has 0 aliphatic carbocycles. The lowest BCUT2D eigenvalue weighted by Gasteiger charge is -2.20. The molecule has 0 radical (unpaired) electrons. The van der Waals surface area contributed by atoms with Gasteiger partial charge in [-0.3, -0.25) is 0 Å². The maximum Gasteiger partial charge on any atom is 0.0946 e. The van der Waals surface area contributed by atoms with Crippen LogP contribution in [0.2, 0.25) is 10.0 Å². The second-order valence-corrected chi connectivity index (χ2v) is 8.40. The predicted octanol–water partition coefficient (Wildman–Crippen LogP) is 7.02. The third kappa shape index (κ3) is 4.32. The normalized spacial score (nSPS) is 12.4. The quantitative estimate of drug-likeness (QED) is 0.338. The zero-order valence-electron chi connectivity index (χ0n) is 14.6. The number of nitrogens with zero attached hydrogens (tertiary/aromatic N) is 2. The SMILES string of the molecule is Clc1ccc(CSC(Cn2ccnc2)c2cccc3ccccc23)c(Cl)c1. The predicted molar refractivity (Wildman–Crippen MR) is 117 cm³/mol. The van der Waals surface area contributed by atoms with Crippen molar-refractivity contribution in [1.82, 2.24) is 9.55 Å². The van der Waals surface area contributed by atoms with Gasteiger partial charge >= 0.3 is 0 Å². The van der Waals surface area contributed by atoms with Crippen molar-refractivity contribution in [3.05, 3.63) is 101 Å². The Labute approximate surface area is 173 Å². The number of hydrogen-bond acceptors (Lipinski definition) is 2. The van der Waals surface area contributed by atoms with Gasteiger partial charge in [-0.2, -0.15) is 0 Å². The first-order chi connectivity index (χ1) is 13.2. The van der Waals surface area contributed by atoms with E-state index >= 15 is 0 Å². The van der Waals surface area contributed by atoms with Crippen LogP contribution < -0.4 is 0 Å². The molecule has 1 atom stereocenters. The molecule has 3 aromatic carbocycles. The van der Waals surface area contributed by atoms with Crippen molar-refractivity contribution >= 4 is 45.7 Å². The van der Waals surface area contributed by atoms with E-state index in [9.17, 15) is 0 Å². The summed E-state index contributed by atoms with van der Waals surface area (Å²) in [6.07, 6.45) is 5.70. The van der Waals surface area contributed by atoms with E-state index in [4.69, 9.17) is 23.2 Å². The minimum absolute atomic E-state index is 0.275. The van der Waals surface area contributed by atoms with Crippen molar-refractivity contribution in [2.75, 3.05) is 0 Å². The van der Waals surface area contributed by atoms with Gasteiger partial charge in [0.15, 0.2) is 0 Å². The molecule has 5 heteroatoms. The first-order valence-electron chi connectivity index (χ1n) is 8.69. The topological polar surface area (TPSA) is 17.8 Å². The summed E-state index contributed by atoms with van der Waals surface area (Å²) in [4.78, 5) is 4.19. The summed E-state index contributed by atoms with van der Waals surface area (Å²) >= 11 is 14.3. The van der Waals surface area contributed by atoms with E-state index in [-0.39, 0.29) is 5.25 Å². The average Bonchev–Trinajstić information content (AvgIpc) is 3.19. The van der Waals surface area contributed by atoms with Crippen LogP contribution in [0, 0.1) is 0 Å². The van der Waals surface area contributed by atoms with Gasteiger partial charge in [0.2, 0.25) is 0 Å². The largest absolute Gasteiger partial charge is 0.336 e. The maximum atomic E-state index is 6.38. The molecule has 4 aromatic rings. The molecule has 0 bridgehead atoms. The number of aromatic nitrogens is 2. The van der Waals surface area contributed by atoms with E-state index in [2.05, 4.69) is 52.0 Å². The Balaban J connectivity index is 1.66. The Morgan fingerprint density at radius 2 is 1.85 bits per heavy atom. The summed E-state index contributed by atoms with van der Waals surface area (Å²) in [7, 11) is 0. The third-order valence-electron chi connectivity index (χ3n) is 4.56. The number of hydrogen-bond donors (Lipinski definition) is 0. The molecule has 0 saturated carbocycles. The van der Waals surface area contributed by atoms with Crippen molar-refractivity contribution in [3.63, 3.8) is 0 Å². The lowest BCUT2D eigenvalue weighted by molar-refractivity contribution is 0.686. The molecule has 4 rings (SSSR count). The first-order valence-corrected chi connectivity index (χ1v) is 10.5. The minimum atomic E-state index is 0.275. The average molecular weight is 413 g/mol. The molecule has 2 nitrogen and oxygen atoms in total. The fourth-order valence-corrected chi connectivity index (χ4v) is 5.04. The van der Waals surface area contributed by atoms with Gasteiger partial charge in [0.05, 0.1) is 6.33 Å². The molecule has 0 amide bonds. The molecule has 1 unspecified atom stereocenters. The van der Waals surface area contributed by atoms with Crippen molar-refractivity contribution in [3.8, 4) is 0 Å². The number of benzene rings is 3. The van der Waals surface area contributed by atoms with Crippen molar-refractivity contribution in [2.45, 2.75) is 17.5 Å². The second-order valence-electron chi connectivity index (χ2n) is 6.36. The number of rotatable bonds is 6. The molecule has 27 heavy (non-hydrogen) atoms. The Kier molecular flexibility index (Phi) is 5.72. The number of halogens is 2. The van der Waals surface area contributed by atoms with Crippen molar-refractivity contribution in [1.29, 1.82) is 0 Å². The highest BCUT2D eigenvalue weighted by Crippen LogP contribution is 2.38. The zero-order chi connectivity index (χ0) is 18.6. The van der Waals surface area contributed by atoms with E-state index < -0.39 is 0 Å². The fourth-order valence-electron chi connectivity index (χ4n) is 3.19. The van der Waals surface area contributed by atoms with E-state index in [1.165, 1.54) is 16.3 Å². The summed E-state index contributed by atoms with van der Waals surface area (Å²) in [6.45, 7) is 0.851. The van der Waals surface area contributed by atoms with E-state index in [0.717, 1.165) is 17.9 Å². The highest BCUT2D eigenvalue weighted by atomic mass is 35.5. The maximum absolute atomic E-state index is 6.38.